The molecule has 1 aliphatic heterocycles. The molecule has 158 valence electrons. The van der Waals surface area contributed by atoms with Crippen LogP contribution in [0, 0.1) is 11.6 Å². The van der Waals surface area contributed by atoms with E-state index in [2.05, 4.69) is 15.6 Å². The molecule has 0 bridgehead atoms. The normalized spacial score (nSPS) is 15.0. The van der Waals surface area contributed by atoms with Gasteiger partial charge < -0.3 is 20.3 Å². The van der Waals surface area contributed by atoms with Gasteiger partial charge in [-0.15, -0.1) is 24.0 Å². The van der Waals surface area contributed by atoms with Gasteiger partial charge in [0, 0.05) is 32.2 Å². The van der Waals surface area contributed by atoms with Crippen molar-refractivity contribution < 1.29 is 18.3 Å². The largest absolute Gasteiger partial charge is 0.450 e. The van der Waals surface area contributed by atoms with Gasteiger partial charge in [0.2, 0.25) is 0 Å². The molecule has 1 saturated heterocycles. The van der Waals surface area contributed by atoms with E-state index < -0.39 is 11.6 Å². The first kappa shape index (κ1) is 24.4. The van der Waals surface area contributed by atoms with E-state index in [9.17, 15) is 13.6 Å². The van der Waals surface area contributed by atoms with Crippen molar-refractivity contribution in [2.75, 3.05) is 32.8 Å². The fourth-order valence-electron chi connectivity index (χ4n) is 2.96. The molecule has 0 radical (unpaired) electrons. The highest BCUT2D eigenvalue weighted by molar-refractivity contribution is 14.0. The number of ether oxygens (including phenoxy) is 1. The quantitative estimate of drug-likeness (QED) is 0.350. The summed E-state index contributed by atoms with van der Waals surface area (Å²) >= 11 is 0. The number of carbonyl (C=O) groups excluding carboxylic acids is 1. The average Bonchev–Trinajstić information content (AvgIpc) is 2.65. The summed E-state index contributed by atoms with van der Waals surface area (Å²) in [5, 5.41) is 6.52. The molecular formula is C19H29F2IN4O2. The number of carbonyl (C=O) groups is 1. The van der Waals surface area contributed by atoms with Crippen molar-refractivity contribution in [3.05, 3.63) is 35.4 Å². The molecule has 1 amide bonds. The molecule has 0 atom stereocenters. The maximum absolute atomic E-state index is 13.7. The van der Waals surface area contributed by atoms with Gasteiger partial charge in [0.1, 0.15) is 11.6 Å². The van der Waals surface area contributed by atoms with E-state index in [1.54, 1.807) is 11.8 Å². The third kappa shape index (κ3) is 7.76. The summed E-state index contributed by atoms with van der Waals surface area (Å²) in [5.41, 5.74) is 0.317. The summed E-state index contributed by atoms with van der Waals surface area (Å²) in [7, 11) is 0. The zero-order valence-corrected chi connectivity index (χ0v) is 18.7. The molecule has 0 saturated carbocycles. The number of nitrogens with one attached hydrogen (secondary N) is 2. The maximum atomic E-state index is 13.7. The number of likely N-dealkylation sites (tertiary alicyclic amines) is 1. The van der Waals surface area contributed by atoms with Crippen LogP contribution in [0.2, 0.25) is 0 Å². The number of piperidine rings is 1. The Morgan fingerprint density at radius 3 is 2.64 bits per heavy atom. The molecule has 1 aromatic rings. The van der Waals surface area contributed by atoms with Crippen LogP contribution in [-0.2, 0) is 11.2 Å². The van der Waals surface area contributed by atoms with E-state index >= 15 is 0 Å². The smallest absolute Gasteiger partial charge is 0.409 e. The number of guanidine groups is 1. The molecule has 1 aromatic carbocycles. The van der Waals surface area contributed by atoms with Crippen LogP contribution < -0.4 is 10.6 Å². The third-order valence-corrected chi connectivity index (χ3v) is 4.36. The monoisotopic (exact) mass is 510 g/mol. The molecule has 1 aliphatic rings. The van der Waals surface area contributed by atoms with Crippen LogP contribution in [0.25, 0.3) is 0 Å². The van der Waals surface area contributed by atoms with Crippen LogP contribution in [0.3, 0.4) is 0 Å². The molecule has 9 heteroatoms. The van der Waals surface area contributed by atoms with Crippen LogP contribution in [0.15, 0.2) is 23.2 Å². The van der Waals surface area contributed by atoms with Gasteiger partial charge >= 0.3 is 6.09 Å². The molecule has 1 heterocycles. The minimum absolute atomic E-state index is 0. The highest BCUT2D eigenvalue weighted by Crippen LogP contribution is 2.12. The molecule has 28 heavy (non-hydrogen) atoms. The molecule has 1 fully saturated rings. The second kappa shape index (κ2) is 12.7. The summed E-state index contributed by atoms with van der Waals surface area (Å²) in [6.45, 7) is 6.43. The molecule has 6 nitrogen and oxygen atoms in total. The van der Waals surface area contributed by atoms with Gasteiger partial charge in [-0.25, -0.2) is 13.6 Å². The van der Waals surface area contributed by atoms with Gasteiger partial charge in [-0.05, 0) is 56.9 Å². The molecular weight excluding hydrogens is 481 g/mol. The van der Waals surface area contributed by atoms with Crippen molar-refractivity contribution in [1.82, 2.24) is 15.5 Å². The number of nitrogens with zero attached hydrogens (tertiary/aromatic N) is 2. The van der Waals surface area contributed by atoms with Crippen molar-refractivity contribution in [2.24, 2.45) is 4.99 Å². The first-order valence-corrected chi connectivity index (χ1v) is 9.44. The van der Waals surface area contributed by atoms with Crippen LogP contribution >= 0.6 is 24.0 Å². The summed E-state index contributed by atoms with van der Waals surface area (Å²) in [5.74, 6) is -0.228. The molecule has 2 N–H and O–H groups in total. The van der Waals surface area contributed by atoms with E-state index in [-0.39, 0.29) is 36.1 Å². The second-order valence-corrected chi connectivity index (χ2v) is 6.35. The van der Waals surface area contributed by atoms with E-state index in [0.29, 0.717) is 50.7 Å². The number of rotatable bonds is 6. The fourth-order valence-corrected chi connectivity index (χ4v) is 2.96. The zero-order valence-electron chi connectivity index (χ0n) is 16.3. The summed E-state index contributed by atoms with van der Waals surface area (Å²) < 4.78 is 31.9. The number of halogens is 3. The Hall–Kier alpha value is -1.65. The molecule has 0 aliphatic carbocycles. The minimum Gasteiger partial charge on any atom is -0.450 e. The van der Waals surface area contributed by atoms with Crippen LogP contribution in [-0.4, -0.2) is 55.8 Å². The Balaban J connectivity index is 0.00000392. The van der Waals surface area contributed by atoms with Gasteiger partial charge in [0.15, 0.2) is 5.96 Å². The standard InChI is InChI=1S/C19H28F2N4O2.HI/c1-3-22-18(23-10-7-14-13-15(20)5-6-17(14)21)24-16-8-11-25(12-9-16)19(26)27-4-2;/h5-6,13,16H,3-4,7-12H2,1-2H3,(H2,22,23,24);1H. The van der Waals surface area contributed by atoms with Gasteiger partial charge in [-0.2, -0.15) is 0 Å². The van der Waals surface area contributed by atoms with E-state index in [1.807, 2.05) is 6.92 Å². The fraction of sp³-hybridized carbons (Fsp3) is 0.579. The number of hydrogen-bond donors (Lipinski definition) is 2. The lowest BCUT2D eigenvalue weighted by molar-refractivity contribution is 0.0963. The van der Waals surface area contributed by atoms with Crippen LogP contribution in [0.5, 0.6) is 0 Å². The lowest BCUT2D eigenvalue weighted by Crippen LogP contribution is -2.50. The number of benzene rings is 1. The van der Waals surface area contributed by atoms with Gasteiger partial charge in [-0.1, -0.05) is 0 Å². The Kier molecular flexibility index (Phi) is 11.1. The predicted octanol–water partition coefficient (Wildman–Crippen LogP) is 3.30. The highest BCUT2D eigenvalue weighted by atomic mass is 127. The van der Waals surface area contributed by atoms with Crippen molar-refractivity contribution in [3.8, 4) is 0 Å². The van der Waals surface area contributed by atoms with Crippen molar-refractivity contribution in [2.45, 2.75) is 39.2 Å². The lowest BCUT2D eigenvalue weighted by Gasteiger charge is -2.32. The number of aliphatic imine (C=N–C) groups is 1. The van der Waals surface area contributed by atoms with E-state index in [1.165, 1.54) is 6.07 Å². The third-order valence-electron chi connectivity index (χ3n) is 4.36. The molecule has 0 unspecified atom stereocenters. The van der Waals surface area contributed by atoms with Gasteiger partial charge in [0.25, 0.3) is 0 Å². The first-order chi connectivity index (χ1) is 13.0. The van der Waals surface area contributed by atoms with Gasteiger partial charge in [-0.3, -0.25) is 4.99 Å². The Morgan fingerprint density at radius 1 is 1.29 bits per heavy atom. The number of amides is 1. The molecule has 0 spiro atoms. The Labute approximate surface area is 182 Å². The molecule has 2 rings (SSSR count). The number of hydrogen-bond acceptors (Lipinski definition) is 3. The minimum atomic E-state index is -0.450. The topological polar surface area (TPSA) is 66.0 Å². The maximum Gasteiger partial charge on any atom is 0.409 e. The average molecular weight is 510 g/mol. The Morgan fingerprint density at radius 2 is 2.00 bits per heavy atom. The first-order valence-electron chi connectivity index (χ1n) is 9.44. The van der Waals surface area contributed by atoms with Gasteiger partial charge in [0.05, 0.1) is 6.61 Å². The van der Waals surface area contributed by atoms with Crippen LogP contribution in [0.4, 0.5) is 13.6 Å². The summed E-state index contributed by atoms with van der Waals surface area (Å²) in [4.78, 5) is 17.9. The van der Waals surface area contributed by atoms with Crippen LogP contribution in [0.1, 0.15) is 32.3 Å². The van der Waals surface area contributed by atoms with Crippen molar-refractivity contribution >= 4 is 36.0 Å². The Bertz CT molecular complexity index is 653. The summed E-state index contributed by atoms with van der Waals surface area (Å²) in [6, 6.07) is 3.64. The van der Waals surface area contributed by atoms with Crippen molar-refractivity contribution in [1.29, 1.82) is 0 Å². The molecule has 0 aromatic heterocycles. The lowest BCUT2D eigenvalue weighted by atomic mass is 10.1. The van der Waals surface area contributed by atoms with E-state index in [4.69, 9.17) is 4.74 Å². The van der Waals surface area contributed by atoms with E-state index in [0.717, 1.165) is 25.0 Å². The zero-order chi connectivity index (χ0) is 19.6. The van der Waals surface area contributed by atoms with Crippen molar-refractivity contribution in [3.63, 3.8) is 0 Å². The highest BCUT2D eigenvalue weighted by Gasteiger charge is 2.24. The predicted molar refractivity (Wildman–Crippen MR) is 116 cm³/mol. The SMILES string of the molecule is CCNC(=NCCc1cc(F)ccc1F)NC1CCN(C(=O)OCC)CC1.I. The summed E-state index contributed by atoms with van der Waals surface area (Å²) in [6.07, 6.45) is 1.64. The second-order valence-electron chi connectivity index (χ2n) is 6.35.